The zero-order valence-electron chi connectivity index (χ0n) is 41.6. The molecule has 0 aliphatic carbocycles. The summed E-state index contributed by atoms with van der Waals surface area (Å²) >= 11 is 0. The molecule has 0 radical (unpaired) electrons. The quantitative estimate of drug-likeness (QED) is 0.0386. The fraction of sp³-hybridized carbons (Fsp3) is 0.264. The smallest absolute Gasteiger partial charge is 0.373 e. The van der Waals surface area contributed by atoms with Crippen LogP contribution < -0.4 is 21.5 Å². The Hall–Kier alpha value is -8.34. The van der Waals surface area contributed by atoms with Crippen molar-refractivity contribution in [3.8, 4) is 11.4 Å². The maximum atomic E-state index is 13.5. The van der Waals surface area contributed by atoms with E-state index < -0.39 is 61.4 Å². The van der Waals surface area contributed by atoms with E-state index in [1.807, 2.05) is 18.2 Å². The fourth-order valence-electron chi connectivity index (χ4n) is 9.84. The van der Waals surface area contributed by atoms with Crippen LogP contribution in [-0.2, 0) is 0 Å². The van der Waals surface area contributed by atoms with E-state index in [-0.39, 0.29) is 60.9 Å². The number of imide groups is 4. The van der Waals surface area contributed by atoms with Crippen molar-refractivity contribution in [1.29, 1.82) is 0 Å². The van der Waals surface area contributed by atoms with Crippen LogP contribution in [0.3, 0.4) is 0 Å². The first-order chi connectivity index (χ1) is 36.6. The van der Waals surface area contributed by atoms with Crippen molar-refractivity contribution in [2.24, 2.45) is 5.73 Å². The van der Waals surface area contributed by atoms with Gasteiger partial charge in [0.05, 0.1) is 17.0 Å². The predicted molar refractivity (Wildman–Crippen MR) is 280 cm³/mol. The van der Waals surface area contributed by atoms with Gasteiger partial charge in [-0.05, 0) is 132 Å². The maximum absolute atomic E-state index is 13.5. The number of carbonyl (C=O) groups is 9. The Balaban J connectivity index is 0.000000199. The van der Waals surface area contributed by atoms with Gasteiger partial charge in [-0.2, -0.15) is 0 Å². The summed E-state index contributed by atoms with van der Waals surface area (Å²) in [4.78, 5) is 132. The molecule has 7 N–H and O–H groups in total. The van der Waals surface area contributed by atoms with Gasteiger partial charge in [-0.15, -0.1) is 0 Å². The van der Waals surface area contributed by atoms with Crippen molar-refractivity contribution in [3.63, 3.8) is 0 Å². The average molecular weight is 1030 g/mol. The number of hydrogen-bond donors (Lipinski definition) is 6. The summed E-state index contributed by atoms with van der Waals surface area (Å²) in [7, 11) is -1.38. The average Bonchev–Trinajstić information content (AvgIpc) is 3.59. The Bertz CT molecular complexity index is 3250. The first-order valence-electron chi connectivity index (χ1n) is 25.0. The normalized spacial score (nSPS) is 14.5. The third-order valence-electron chi connectivity index (χ3n) is 13.5. The lowest BCUT2D eigenvalue weighted by Gasteiger charge is -2.32. The molecule has 0 fully saturated rings. The first kappa shape index (κ1) is 52.5. The Morgan fingerprint density at radius 1 is 0.474 bits per heavy atom. The fourth-order valence-corrected chi connectivity index (χ4v) is 9.84. The SMILES string of the molecule is CB(O)NCCCN1C(=O)c2ccc3c4c(ccc(c24)C1=O)C(=O)N(CCCN)C3=O.CB(O)NCCCN1C(=O)c2ccc3c4c(ccc(c24)C1=O)C(=O)N(CCCNC(=O)c1ccc(-c2ccccn2)nc1)C3=O. The summed E-state index contributed by atoms with van der Waals surface area (Å²) in [5.41, 5.74) is 9.44. The van der Waals surface area contributed by atoms with Gasteiger partial charge in [0, 0.05) is 111 Å². The molecule has 4 aliphatic rings. The van der Waals surface area contributed by atoms with Gasteiger partial charge in [0.2, 0.25) is 0 Å². The van der Waals surface area contributed by atoms with Gasteiger partial charge >= 0.3 is 14.1 Å². The third kappa shape index (κ3) is 9.88. The van der Waals surface area contributed by atoms with Crippen molar-refractivity contribution < 1.29 is 53.2 Å². The summed E-state index contributed by atoms with van der Waals surface area (Å²) in [6.45, 7) is 5.20. The number of amides is 9. The summed E-state index contributed by atoms with van der Waals surface area (Å²) < 4.78 is 0. The van der Waals surface area contributed by atoms with E-state index in [0.717, 1.165) is 9.80 Å². The van der Waals surface area contributed by atoms with Crippen LogP contribution in [0, 0.1) is 0 Å². The van der Waals surface area contributed by atoms with E-state index in [0.29, 0.717) is 106 Å². The monoisotopic (exact) mass is 1030 g/mol. The minimum Gasteiger partial charge on any atom is -0.437 e. The van der Waals surface area contributed by atoms with Gasteiger partial charge in [-0.25, -0.2) is 0 Å². The van der Waals surface area contributed by atoms with Crippen LogP contribution >= 0.6 is 0 Å². The van der Waals surface area contributed by atoms with E-state index in [1.54, 1.807) is 56.2 Å². The number of rotatable bonds is 19. The summed E-state index contributed by atoms with van der Waals surface area (Å²) in [5, 5.41) is 28.5. The molecule has 2 aromatic heterocycles. The van der Waals surface area contributed by atoms with Crippen LogP contribution in [0.25, 0.3) is 32.9 Å². The largest absolute Gasteiger partial charge is 0.437 e. The Morgan fingerprint density at radius 3 is 1.12 bits per heavy atom. The first-order valence-corrected chi connectivity index (χ1v) is 25.0. The molecule has 0 atom stereocenters. The van der Waals surface area contributed by atoms with Crippen molar-refractivity contribution in [1.82, 2.24) is 45.3 Å². The van der Waals surface area contributed by atoms with E-state index in [1.165, 1.54) is 40.3 Å². The summed E-state index contributed by atoms with van der Waals surface area (Å²) in [5.74, 6) is -4.17. The zero-order valence-corrected chi connectivity index (χ0v) is 41.6. The highest BCUT2D eigenvalue weighted by atomic mass is 16.2. The van der Waals surface area contributed by atoms with E-state index in [9.17, 15) is 53.2 Å². The Labute approximate surface area is 436 Å². The van der Waals surface area contributed by atoms with E-state index >= 15 is 0 Å². The molecule has 21 nitrogen and oxygen atoms in total. The number of nitrogens with zero attached hydrogens (tertiary/aromatic N) is 6. The second-order valence-corrected chi connectivity index (χ2v) is 18.6. The number of aromatic nitrogens is 2. The standard InChI is InChI=1S/C32H29BN6O6.C21H23BN4O5/c1-33(45)37-15-5-17-39-31(43)22-10-8-20-26-21(9-11-23(27(22)26)32(39)44)30(42)38(29(20)41)16-4-14-35-28(40)19-7-12-25(36-18-19)24-6-2-3-13-34-24;1-22(31)24-9-3-11-26-20(29)14-6-4-12-16-13(5-7-15(17(14)16)21(26)30)19(28)25(18(12)27)10-2-8-23/h2-3,6-13,18,37,45H,4-5,14-17H2,1H3,(H,35,40);4-7,24,31H,2-3,8-11,23H2,1H3. The lowest BCUT2D eigenvalue weighted by molar-refractivity contribution is 0.0587. The molecule has 0 bridgehead atoms. The molecule has 0 spiro atoms. The number of nitrogens with two attached hydrogens (primary N) is 1. The van der Waals surface area contributed by atoms with Crippen LogP contribution in [0.15, 0.2) is 91.3 Å². The van der Waals surface area contributed by atoms with Crippen LogP contribution in [0.2, 0.25) is 13.6 Å². The molecule has 9 amide bonds. The molecular weight excluding hydrogens is 974 g/mol. The Kier molecular flexibility index (Phi) is 15.4. The molecule has 10 rings (SSSR count). The molecule has 0 saturated carbocycles. The highest BCUT2D eigenvalue weighted by molar-refractivity contribution is 6.45. The maximum Gasteiger partial charge on any atom is 0.373 e. The van der Waals surface area contributed by atoms with E-state index in [4.69, 9.17) is 5.73 Å². The topological polar surface area (TPSA) is 295 Å². The molecule has 4 aliphatic heterocycles. The lowest BCUT2D eigenvalue weighted by Crippen LogP contribution is -2.44. The van der Waals surface area contributed by atoms with Crippen molar-refractivity contribution in [3.05, 3.63) is 141 Å². The minimum absolute atomic E-state index is 0.0609. The number of benzene rings is 4. The Morgan fingerprint density at radius 2 is 0.816 bits per heavy atom. The van der Waals surface area contributed by atoms with Crippen LogP contribution in [-0.4, -0.2) is 159 Å². The number of carbonyl (C=O) groups excluding carboxylic acids is 9. The van der Waals surface area contributed by atoms with Crippen molar-refractivity contribution in [2.45, 2.75) is 39.3 Å². The van der Waals surface area contributed by atoms with Gasteiger partial charge in [-0.1, -0.05) is 6.07 Å². The lowest BCUT2D eigenvalue weighted by atomic mass is 9.86. The summed E-state index contributed by atoms with van der Waals surface area (Å²) in [6.07, 6.45) is 4.85. The van der Waals surface area contributed by atoms with Gasteiger partial charge in [-0.3, -0.25) is 72.7 Å². The molecular formula is C53H52B2N10O11. The van der Waals surface area contributed by atoms with Crippen LogP contribution in [0.1, 0.15) is 119 Å². The van der Waals surface area contributed by atoms with Gasteiger partial charge in [0.15, 0.2) is 0 Å². The minimum atomic E-state index is -0.706. The highest BCUT2D eigenvalue weighted by Gasteiger charge is 2.41. The second-order valence-electron chi connectivity index (χ2n) is 18.6. The second kappa shape index (κ2) is 22.2. The van der Waals surface area contributed by atoms with Crippen LogP contribution in [0.5, 0.6) is 0 Å². The predicted octanol–water partition coefficient (Wildman–Crippen LogP) is 2.87. The molecule has 0 saturated heterocycles. The van der Waals surface area contributed by atoms with E-state index in [2.05, 4.69) is 25.7 Å². The number of pyridine rings is 2. The summed E-state index contributed by atoms with van der Waals surface area (Å²) in [6, 6.07) is 21.2. The van der Waals surface area contributed by atoms with Crippen molar-refractivity contribution in [2.75, 3.05) is 52.4 Å². The van der Waals surface area contributed by atoms with Crippen LogP contribution in [0.4, 0.5) is 0 Å². The molecule has 0 unspecified atom stereocenters. The molecule has 6 aromatic rings. The highest BCUT2D eigenvalue weighted by Crippen LogP contribution is 2.40. The van der Waals surface area contributed by atoms with Gasteiger partial charge in [0.25, 0.3) is 53.2 Å². The third-order valence-corrected chi connectivity index (χ3v) is 13.5. The van der Waals surface area contributed by atoms with Gasteiger partial charge < -0.3 is 31.6 Å². The molecule has 4 aromatic carbocycles. The molecule has 76 heavy (non-hydrogen) atoms. The number of nitrogens with one attached hydrogen (secondary N) is 3. The zero-order chi connectivity index (χ0) is 53.9. The number of hydrogen-bond acceptors (Lipinski definition) is 16. The molecule has 386 valence electrons. The van der Waals surface area contributed by atoms with Gasteiger partial charge in [0.1, 0.15) is 0 Å². The van der Waals surface area contributed by atoms with Crippen molar-refractivity contribution >= 4 is 88.8 Å². The molecule has 6 heterocycles. The molecule has 23 heteroatoms.